The molecule has 1 fully saturated rings. The average molecular weight is 226 g/mol. The fourth-order valence-electron chi connectivity index (χ4n) is 2.89. The number of hydrogen-bond acceptors (Lipinski definition) is 2. The van der Waals surface area contributed by atoms with Crippen LogP contribution in [-0.4, -0.2) is 31.1 Å². The van der Waals surface area contributed by atoms with Crippen molar-refractivity contribution in [3.05, 3.63) is 0 Å². The van der Waals surface area contributed by atoms with E-state index in [0.717, 1.165) is 11.8 Å². The van der Waals surface area contributed by atoms with Crippen molar-refractivity contribution in [1.29, 1.82) is 0 Å². The Kier molecular flexibility index (Phi) is 6.37. The van der Waals surface area contributed by atoms with E-state index in [4.69, 9.17) is 5.73 Å². The molecule has 2 heteroatoms. The summed E-state index contributed by atoms with van der Waals surface area (Å²) in [6, 6.07) is 0.451. The summed E-state index contributed by atoms with van der Waals surface area (Å²) in [7, 11) is 2.25. The van der Waals surface area contributed by atoms with Crippen LogP contribution in [0.5, 0.6) is 0 Å². The van der Waals surface area contributed by atoms with Crippen molar-refractivity contribution in [2.45, 2.75) is 58.4 Å². The quantitative estimate of drug-likeness (QED) is 0.754. The fraction of sp³-hybridized carbons (Fsp3) is 1.00. The van der Waals surface area contributed by atoms with Gasteiger partial charge in [-0.3, -0.25) is 0 Å². The number of hydrogen-bond donors (Lipinski definition) is 1. The maximum absolute atomic E-state index is 6.25. The molecular weight excluding hydrogens is 196 g/mol. The Morgan fingerprint density at radius 1 is 1.25 bits per heavy atom. The molecule has 0 aromatic heterocycles. The van der Waals surface area contributed by atoms with Gasteiger partial charge < -0.3 is 10.6 Å². The molecule has 1 saturated carbocycles. The molecule has 0 amide bonds. The molecule has 1 rings (SSSR count). The van der Waals surface area contributed by atoms with E-state index in [-0.39, 0.29) is 0 Å². The SMILES string of the molecule is CCCCN(C)CC1CC(CC)CCC1N. The van der Waals surface area contributed by atoms with Crippen molar-refractivity contribution in [3.8, 4) is 0 Å². The van der Waals surface area contributed by atoms with E-state index in [2.05, 4.69) is 25.8 Å². The third-order valence-corrected chi connectivity index (χ3v) is 4.17. The fourth-order valence-corrected chi connectivity index (χ4v) is 2.89. The Labute approximate surface area is 102 Å². The van der Waals surface area contributed by atoms with Crippen LogP contribution in [0.4, 0.5) is 0 Å². The van der Waals surface area contributed by atoms with Crippen molar-refractivity contribution >= 4 is 0 Å². The van der Waals surface area contributed by atoms with Crippen LogP contribution in [0, 0.1) is 11.8 Å². The van der Waals surface area contributed by atoms with Gasteiger partial charge in [-0.15, -0.1) is 0 Å². The van der Waals surface area contributed by atoms with Crippen LogP contribution in [0.1, 0.15) is 52.4 Å². The lowest BCUT2D eigenvalue weighted by Gasteiger charge is -2.36. The molecule has 0 spiro atoms. The molecule has 0 radical (unpaired) electrons. The van der Waals surface area contributed by atoms with Gasteiger partial charge >= 0.3 is 0 Å². The second kappa shape index (κ2) is 7.29. The number of unbranched alkanes of at least 4 members (excludes halogenated alkanes) is 1. The normalized spacial score (nSPS) is 30.9. The second-order valence-electron chi connectivity index (χ2n) is 5.63. The molecule has 96 valence electrons. The van der Waals surface area contributed by atoms with Gasteiger partial charge in [-0.1, -0.05) is 26.7 Å². The summed E-state index contributed by atoms with van der Waals surface area (Å²) in [6.07, 6.45) is 7.89. The van der Waals surface area contributed by atoms with Crippen molar-refractivity contribution in [2.24, 2.45) is 17.6 Å². The van der Waals surface area contributed by atoms with E-state index < -0.39 is 0 Å². The maximum Gasteiger partial charge on any atom is 0.00795 e. The Bertz CT molecular complexity index is 182. The van der Waals surface area contributed by atoms with E-state index in [1.807, 2.05) is 0 Å². The van der Waals surface area contributed by atoms with Gasteiger partial charge in [0.05, 0.1) is 0 Å². The van der Waals surface area contributed by atoms with Crippen molar-refractivity contribution in [2.75, 3.05) is 20.1 Å². The standard InChI is InChI=1S/C14H30N2/c1-4-6-9-16(3)11-13-10-12(5-2)7-8-14(13)15/h12-14H,4-11,15H2,1-3H3. The molecule has 0 aromatic rings. The molecule has 3 unspecified atom stereocenters. The number of nitrogens with two attached hydrogens (primary N) is 1. The summed E-state index contributed by atoms with van der Waals surface area (Å²) < 4.78 is 0. The smallest absolute Gasteiger partial charge is 0.00795 e. The van der Waals surface area contributed by atoms with Crippen molar-refractivity contribution in [1.82, 2.24) is 4.90 Å². The minimum Gasteiger partial charge on any atom is -0.327 e. The number of rotatable bonds is 6. The van der Waals surface area contributed by atoms with Gasteiger partial charge in [0.1, 0.15) is 0 Å². The highest BCUT2D eigenvalue weighted by atomic mass is 15.1. The summed E-state index contributed by atoms with van der Waals surface area (Å²) in [5.74, 6) is 1.67. The second-order valence-corrected chi connectivity index (χ2v) is 5.63. The molecule has 0 heterocycles. The minimum atomic E-state index is 0.451. The lowest BCUT2D eigenvalue weighted by molar-refractivity contribution is 0.170. The van der Waals surface area contributed by atoms with Crippen LogP contribution in [0.3, 0.4) is 0 Å². The van der Waals surface area contributed by atoms with Crippen molar-refractivity contribution in [3.63, 3.8) is 0 Å². The molecule has 0 bridgehead atoms. The van der Waals surface area contributed by atoms with Crippen LogP contribution in [0.25, 0.3) is 0 Å². The monoisotopic (exact) mass is 226 g/mol. The van der Waals surface area contributed by atoms with Crippen LogP contribution in [-0.2, 0) is 0 Å². The van der Waals surface area contributed by atoms with E-state index in [0.29, 0.717) is 6.04 Å². The summed E-state index contributed by atoms with van der Waals surface area (Å²) >= 11 is 0. The summed E-state index contributed by atoms with van der Waals surface area (Å²) in [4.78, 5) is 2.48. The minimum absolute atomic E-state index is 0.451. The molecule has 0 aromatic carbocycles. The van der Waals surface area contributed by atoms with Crippen molar-refractivity contribution < 1.29 is 0 Å². The molecule has 1 aliphatic rings. The Morgan fingerprint density at radius 2 is 2.00 bits per heavy atom. The first kappa shape index (κ1) is 14.0. The Hall–Kier alpha value is -0.0800. The van der Waals surface area contributed by atoms with Crippen LogP contribution in [0.2, 0.25) is 0 Å². The molecule has 1 aliphatic carbocycles. The molecule has 2 nitrogen and oxygen atoms in total. The summed E-state index contributed by atoms with van der Waals surface area (Å²) in [5.41, 5.74) is 6.25. The van der Waals surface area contributed by atoms with E-state index >= 15 is 0 Å². The van der Waals surface area contributed by atoms with Gasteiger partial charge in [0.2, 0.25) is 0 Å². The predicted octanol–water partition coefficient (Wildman–Crippen LogP) is 2.87. The van der Waals surface area contributed by atoms with Gasteiger partial charge in [0.25, 0.3) is 0 Å². The average Bonchev–Trinajstić information content (AvgIpc) is 2.29. The zero-order chi connectivity index (χ0) is 12.0. The summed E-state index contributed by atoms with van der Waals surface area (Å²) in [5, 5.41) is 0. The van der Waals surface area contributed by atoms with Crippen LogP contribution < -0.4 is 5.73 Å². The van der Waals surface area contributed by atoms with Crippen LogP contribution >= 0.6 is 0 Å². The zero-order valence-electron chi connectivity index (χ0n) is 11.4. The Morgan fingerprint density at radius 3 is 2.62 bits per heavy atom. The van der Waals surface area contributed by atoms with Gasteiger partial charge in [0.15, 0.2) is 0 Å². The molecule has 3 atom stereocenters. The van der Waals surface area contributed by atoms with Gasteiger partial charge in [-0.05, 0) is 51.1 Å². The predicted molar refractivity (Wildman–Crippen MR) is 71.5 cm³/mol. The molecule has 0 aliphatic heterocycles. The Balaban J connectivity index is 2.32. The first-order valence-corrected chi connectivity index (χ1v) is 7.11. The summed E-state index contributed by atoms with van der Waals surface area (Å²) in [6.45, 7) is 7.01. The van der Waals surface area contributed by atoms with Crippen LogP contribution in [0.15, 0.2) is 0 Å². The lowest BCUT2D eigenvalue weighted by Crippen LogP contribution is -2.42. The highest BCUT2D eigenvalue weighted by Gasteiger charge is 2.27. The largest absolute Gasteiger partial charge is 0.327 e. The van der Waals surface area contributed by atoms with Gasteiger partial charge in [-0.2, -0.15) is 0 Å². The van der Waals surface area contributed by atoms with E-state index in [9.17, 15) is 0 Å². The third kappa shape index (κ3) is 4.42. The zero-order valence-corrected chi connectivity index (χ0v) is 11.4. The molecule has 16 heavy (non-hydrogen) atoms. The number of nitrogens with zero attached hydrogens (tertiary/aromatic N) is 1. The van der Waals surface area contributed by atoms with E-state index in [1.54, 1.807) is 0 Å². The van der Waals surface area contributed by atoms with Gasteiger partial charge in [-0.25, -0.2) is 0 Å². The lowest BCUT2D eigenvalue weighted by atomic mass is 9.77. The molecule has 2 N–H and O–H groups in total. The molecular formula is C14H30N2. The molecule has 0 saturated heterocycles. The van der Waals surface area contributed by atoms with Gasteiger partial charge in [0, 0.05) is 12.6 Å². The third-order valence-electron chi connectivity index (χ3n) is 4.17. The van der Waals surface area contributed by atoms with E-state index in [1.165, 1.54) is 51.6 Å². The highest BCUT2D eigenvalue weighted by Crippen LogP contribution is 2.30. The highest BCUT2D eigenvalue weighted by molar-refractivity contribution is 4.83. The first-order chi connectivity index (χ1) is 7.67. The topological polar surface area (TPSA) is 29.3 Å². The first-order valence-electron chi connectivity index (χ1n) is 7.11. The maximum atomic E-state index is 6.25.